The van der Waals surface area contributed by atoms with Crippen LogP contribution in [-0.4, -0.2) is 20.6 Å². The Hall–Kier alpha value is -1.84. The molecule has 1 fully saturated rings. The smallest absolute Gasteiger partial charge is 0.335 e. The topological polar surface area (TPSA) is 55.1 Å². The average molecular weight is 258 g/mol. The number of hydrogen-bond donors (Lipinski definition) is 1. The monoisotopic (exact) mass is 258 g/mol. The fourth-order valence-corrected chi connectivity index (χ4v) is 3.15. The molecule has 1 N–H and O–H groups in total. The van der Waals surface area contributed by atoms with E-state index < -0.39 is 5.97 Å². The second-order valence-electron chi connectivity index (χ2n) is 5.33. The van der Waals surface area contributed by atoms with Gasteiger partial charge in [0.05, 0.1) is 16.6 Å². The Morgan fingerprint density at radius 3 is 2.74 bits per heavy atom. The standard InChI is InChI=1S/C15H18N2O2/c1-10-16-13-8-7-11(15(18)19)9-14(13)17(10)12-5-3-2-4-6-12/h7-9,12H,2-6H2,1H3,(H,18,19). The van der Waals surface area contributed by atoms with E-state index in [2.05, 4.69) is 9.55 Å². The zero-order valence-corrected chi connectivity index (χ0v) is 11.1. The number of carboxylic acids is 1. The number of fused-ring (bicyclic) bond motifs is 1. The molecule has 4 nitrogen and oxygen atoms in total. The molecule has 1 saturated carbocycles. The highest BCUT2D eigenvalue weighted by Gasteiger charge is 2.20. The fraction of sp³-hybridized carbons (Fsp3) is 0.467. The summed E-state index contributed by atoms with van der Waals surface area (Å²) in [4.78, 5) is 15.7. The van der Waals surface area contributed by atoms with Crippen molar-refractivity contribution in [3.05, 3.63) is 29.6 Å². The van der Waals surface area contributed by atoms with E-state index in [4.69, 9.17) is 5.11 Å². The van der Waals surface area contributed by atoms with Gasteiger partial charge in [-0.05, 0) is 38.0 Å². The average Bonchev–Trinajstić information content (AvgIpc) is 2.74. The summed E-state index contributed by atoms with van der Waals surface area (Å²) in [5, 5.41) is 9.12. The Labute approximate surface area is 112 Å². The minimum Gasteiger partial charge on any atom is -0.478 e. The summed E-state index contributed by atoms with van der Waals surface area (Å²) in [6.45, 7) is 2.01. The summed E-state index contributed by atoms with van der Waals surface area (Å²) in [6.07, 6.45) is 6.15. The van der Waals surface area contributed by atoms with Crippen molar-refractivity contribution in [1.29, 1.82) is 0 Å². The normalized spacial score (nSPS) is 16.9. The molecule has 1 aliphatic carbocycles. The van der Waals surface area contributed by atoms with Gasteiger partial charge in [-0.1, -0.05) is 19.3 Å². The SMILES string of the molecule is Cc1nc2ccc(C(=O)O)cc2n1C1CCCCC1. The van der Waals surface area contributed by atoms with Gasteiger partial charge in [0.25, 0.3) is 0 Å². The first-order valence-corrected chi connectivity index (χ1v) is 6.88. The molecular formula is C15H18N2O2. The number of benzene rings is 1. The number of aryl methyl sites for hydroxylation is 1. The Morgan fingerprint density at radius 2 is 2.05 bits per heavy atom. The molecule has 0 saturated heterocycles. The minimum absolute atomic E-state index is 0.337. The van der Waals surface area contributed by atoms with Crippen molar-refractivity contribution in [3.8, 4) is 0 Å². The van der Waals surface area contributed by atoms with Gasteiger partial charge < -0.3 is 9.67 Å². The van der Waals surface area contributed by atoms with E-state index in [9.17, 15) is 4.79 Å². The molecule has 100 valence electrons. The van der Waals surface area contributed by atoms with Crippen molar-refractivity contribution in [1.82, 2.24) is 9.55 Å². The maximum atomic E-state index is 11.1. The van der Waals surface area contributed by atoms with Gasteiger partial charge in [-0.2, -0.15) is 0 Å². The quantitative estimate of drug-likeness (QED) is 0.896. The Bertz CT molecular complexity index is 624. The second-order valence-corrected chi connectivity index (χ2v) is 5.33. The van der Waals surface area contributed by atoms with E-state index >= 15 is 0 Å². The lowest BCUT2D eigenvalue weighted by Gasteiger charge is -2.25. The number of nitrogens with zero attached hydrogens (tertiary/aromatic N) is 2. The zero-order valence-electron chi connectivity index (χ0n) is 11.1. The lowest BCUT2D eigenvalue weighted by Crippen LogP contribution is -2.14. The predicted molar refractivity (Wildman–Crippen MR) is 73.6 cm³/mol. The third-order valence-electron chi connectivity index (χ3n) is 4.05. The van der Waals surface area contributed by atoms with Gasteiger partial charge in [0, 0.05) is 6.04 Å². The fourth-order valence-electron chi connectivity index (χ4n) is 3.15. The van der Waals surface area contributed by atoms with Crippen LogP contribution >= 0.6 is 0 Å². The maximum absolute atomic E-state index is 11.1. The first-order chi connectivity index (χ1) is 9.16. The number of aromatic nitrogens is 2. The second kappa shape index (κ2) is 4.68. The number of hydrogen-bond acceptors (Lipinski definition) is 2. The summed E-state index contributed by atoms with van der Waals surface area (Å²) >= 11 is 0. The van der Waals surface area contributed by atoms with Crippen molar-refractivity contribution in [2.45, 2.75) is 45.1 Å². The molecule has 0 spiro atoms. The third-order valence-corrected chi connectivity index (χ3v) is 4.05. The molecule has 1 aliphatic rings. The van der Waals surface area contributed by atoms with Crippen LogP contribution in [0.15, 0.2) is 18.2 Å². The van der Waals surface area contributed by atoms with Gasteiger partial charge in [-0.15, -0.1) is 0 Å². The summed E-state index contributed by atoms with van der Waals surface area (Å²) in [7, 11) is 0. The summed E-state index contributed by atoms with van der Waals surface area (Å²) in [6, 6.07) is 5.67. The van der Waals surface area contributed by atoms with Crippen LogP contribution in [0.25, 0.3) is 11.0 Å². The molecule has 0 radical (unpaired) electrons. The van der Waals surface area contributed by atoms with Crippen LogP contribution in [0.2, 0.25) is 0 Å². The minimum atomic E-state index is -0.879. The van der Waals surface area contributed by atoms with Crippen molar-refractivity contribution < 1.29 is 9.90 Å². The van der Waals surface area contributed by atoms with Crippen LogP contribution < -0.4 is 0 Å². The summed E-state index contributed by atoms with van der Waals surface area (Å²) < 4.78 is 2.24. The van der Waals surface area contributed by atoms with Crippen molar-refractivity contribution in [2.75, 3.05) is 0 Å². The van der Waals surface area contributed by atoms with E-state index in [0.717, 1.165) is 16.9 Å². The van der Waals surface area contributed by atoms with Crippen LogP contribution in [-0.2, 0) is 0 Å². The number of carbonyl (C=O) groups is 1. The van der Waals surface area contributed by atoms with Crippen LogP contribution in [0, 0.1) is 6.92 Å². The molecule has 4 heteroatoms. The van der Waals surface area contributed by atoms with Crippen LogP contribution in [0.4, 0.5) is 0 Å². The van der Waals surface area contributed by atoms with E-state index in [0.29, 0.717) is 11.6 Å². The number of aromatic carboxylic acids is 1. The van der Waals surface area contributed by atoms with Gasteiger partial charge in [0.1, 0.15) is 5.82 Å². The highest BCUT2D eigenvalue weighted by Crippen LogP contribution is 2.32. The van der Waals surface area contributed by atoms with Gasteiger partial charge >= 0.3 is 5.97 Å². The van der Waals surface area contributed by atoms with Crippen molar-refractivity contribution >= 4 is 17.0 Å². The largest absolute Gasteiger partial charge is 0.478 e. The lowest BCUT2D eigenvalue weighted by atomic mass is 9.95. The van der Waals surface area contributed by atoms with E-state index in [1.165, 1.54) is 32.1 Å². The van der Waals surface area contributed by atoms with E-state index in [1.54, 1.807) is 12.1 Å². The molecule has 2 aromatic rings. The van der Waals surface area contributed by atoms with Crippen LogP contribution in [0.5, 0.6) is 0 Å². The number of imidazole rings is 1. The first-order valence-electron chi connectivity index (χ1n) is 6.88. The summed E-state index contributed by atoms with van der Waals surface area (Å²) in [5.74, 6) is 0.111. The van der Waals surface area contributed by atoms with Crippen LogP contribution in [0.1, 0.15) is 54.3 Å². The molecule has 1 heterocycles. The van der Waals surface area contributed by atoms with Crippen LogP contribution in [0.3, 0.4) is 0 Å². The Morgan fingerprint density at radius 1 is 1.32 bits per heavy atom. The predicted octanol–water partition coefficient (Wildman–Crippen LogP) is 3.55. The molecule has 0 amide bonds. The molecule has 0 atom stereocenters. The molecule has 1 aromatic carbocycles. The van der Waals surface area contributed by atoms with Crippen molar-refractivity contribution in [2.24, 2.45) is 0 Å². The highest BCUT2D eigenvalue weighted by atomic mass is 16.4. The summed E-state index contributed by atoms with van der Waals surface area (Å²) in [5.41, 5.74) is 2.20. The Kier molecular flexibility index (Phi) is 3.01. The number of rotatable bonds is 2. The van der Waals surface area contributed by atoms with Gasteiger partial charge in [0.2, 0.25) is 0 Å². The van der Waals surface area contributed by atoms with Crippen molar-refractivity contribution in [3.63, 3.8) is 0 Å². The number of carboxylic acid groups (broad SMARTS) is 1. The first kappa shape index (κ1) is 12.2. The maximum Gasteiger partial charge on any atom is 0.335 e. The molecule has 0 aliphatic heterocycles. The lowest BCUT2D eigenvalue weighted by molar-refractivity contribution is 0.0697. The highest BCUT2D eigenvalue weighted by molar-refractivity contribution is 5.92. The molecule has 0 bridgehead atoms. The van der Waals surface area contributed by atoms with Gasteiger partial charge in [-0.3, -0.25) is 0 Å². The zero-order chi connectivity index (χ0) is 13.4. The molecule has 3 rings (SSSR count). The van der Waals surface area contributed by atoms with Gasteiger partial charge in [-0.25, -0.2) is 9.78 Å². The van der Waals surface area contributed by atoms with E-state index in [-0.39, 0.29) is 0 Å². The third kappa shape index (κ3) is 2.11. The van der Waals surface area contributed by atoms with E-state index in [1.807, 2.05) is 13.0 Å². The molecule has 19 heavy (non-hydrogen) atoms. The molecular weight excluding hydrogens is 240 g/mol. The van der Waals surface area contributed by atoms with Gasteiger partial charge in [0.15, 0.2) is 0 Å². The molecule has 1 aromatic heterocycles. The molecule has 0 unspecified atom stereocenters. The Balaban J connectivity index is 2.13.